The Morgan fingerprint density at radius 2 is 2.00 bits per heavy atom. The van der Waals surface area contributed by atoms with E-state index < -0.39 is 17.3 Å². The minimum absolute atomic E-state index is 0.0129. The summed E-state index contributed by atoms with van der Waals surface area (Å²) >= 11 is 0. The second-order valence-corrected chi connectivity index (χ2v) is 11.6. The van der Waals surface area contributed by atoms with Gasteiger partial charge in [0, 0.05) is 44.0 Å². The van der Waals surface area contributed by atoms with Crippen molar-refractivity contribution in [2.24, 2.45) is 0 Å². The SMILES string of the molecule is C=CC(=O)N1CC[C@@H](Nc2n[nH]c3nccc(-c4cccc(-n5ccc6cc(C7CC7)cc(F)c6c5=O)c4COC(C)=O)c23)C1. The lowest BCUT2D eigenvalue weighted by molar-refractivity contribution is -0.142. The van der Waals surface area contributed by atoms with E-state index in [1.54, 1.807) is 35.5 Å². The molecule has 11 heteroatoms. The highest BCUT2D eigenvalue weighted by Crippen LogP contribution is 2.41. The Morgan fingerprint density at radius 3 is 2.78 bits per heavy atom. The third-order valence-electron chi connectivity index (χ3n) is 8.63. The molecule has 7 rings (SSSR count). The first kappa shape index (κ1) is 28.5. The molecule has 1 saturated heterocycles. The van der Waals surface area contributed by atoms with E-state index >= 15 is 4.39 Å². The molecule has 2 aromatic carbocycles. The number of anilines is 1. The van der Waals surface area contributed by atoms with Crippen molar-refractivity contribution < 1.29 is 18.7 Å². The summed E-state index contributed by atoms with van der Waals surface area (Å²) in [6.07, 6.45) is 7.39. The summed E-state index contributed by atoms with van der Waals surface area (Å²) in [6, 6.07) is 12.4. The van der Waals surface area contributed by atoms with Crippen LogP contribution in [0.5, 0.6) is 0 Å². The molecule has 45 heavy (non-hydrogen) atoms. The molecule has 2 fully saturated rings. The zero-order chi connectivity index (χ0) is 31.2. The van der Waals surface area contributed by atoms with Crippen LogP contribution in [0, 0.1) is 5.82 Å². The lowest BCUT2D eigenvalue weighted by atomic mass is 9.96. The van der Waals surface area contributed by atoms with Crippen molar-refractivity contribution >= 4 is 39.5 Å². The number of H-pyrrole nitrogens is 1. The first-order valence-electron chi connectivity index (χ1n) is 14.9. The van der Waals surface area contributed by atoms with Crippen molar-refractivity contribution in [3.05, 3.63) is 94.8 Å². The minimum atomic E-state index is -0.545. The van der Waals surface area contributed by atoms with E-state index in [1.165, 1.54) is 23.6 Å². The lowest BCUT2D eigenvalue weighted by Crippen LogP contribution is -2.30. The van der Waals surface area contributed by atoms with Crippen LogP contribution >= 0.6 is 0 Å². The number of aromatic nitrogens is 4. The van der Waals surface area contributed by atoms with Crippen molar-refractivity contribution in [3.8, 4) is 16.8 Å². The van der Waals surface area contributed by atoms with Gasteiger partial charge in [-0.05, 0) is 77.6 Å². The van der Waals surface area contributed by atoms with Gasteiger partial charge in [0.1, 0.15) is 12.4 Å². The fourth-order valence-electron chi connectivity index (χ4n) is 6.25. The topological polar surface area (TPSA) is 122 Å². The van der Waals surface area contributed by atoms with Crippen LogP contribution in [-0.2, 0) is 20.9 Å². The van der Waals surface area contributed by atoms with Gasteiger partial charge in [-0.3, -0.25) is 24.0 Å². The zero-order valence-electron chi connectivity index (χ0n) is 24.7. The molecule has 2 aliphatic rings. The standard InChI is InChI=1S/C34H31FN6O4/c1-3-29(43)40-13-11-23(17-40)37-33-31-25(9-12-36-32(31)38-39-33)24-5-4-6-28(26(24)18-45-19(2)42)41-14-10-21-15-22(20-7-8-20)16-27(35)30(21)34(41)44/h3-6,9-10,12,14-16,20,23H,1,7-8,11,13,17-18H2,2H3,(H2,36,37,38,39)/t23-/m1/s1. The highest BCUT2D eigenvalue weighted by Gasteiger charge is 2.28. The Kier molecular flexibility index (Phi) is 7.15. The van der Waals surface area contributed by atoms with Crippen molar-refractivity contribution in [2.75, 3.05) is 18.4 Å². The fraction of sp³-hybridized carbons (Fsp3) is 0.265. The molecule has 0 radical (unpaired) electrons. The summed E-state index contributed by atoms with van der Waals surface area (Å²) in [5, 5.41) is 12.2. The number of ether oxygens (including phenoxy) is 1. The Labute approximate surface area is 257 Å². The van der Waals surface area contributed by atoms with Gasteiger partial charge >= 0.3 is 5.97 Å². The van der Waals surface area contributed by atoms with E-state index in [4.69, 9.17) is 4.74 Å². The lowest BCUT2D eigenvalue weighted by Gasteiger charge is -2.18. The molecule has 1 aliphatic carbocycles. The maximum absolute atomic E-state index is 15.4. The van der Waals surface area contributed by atoms with Crippen LogP contribution in [0.4, 0.5) is 10.2 Å². The van der Waals surface area contributed by atoms with Crippen LogP contribution in [0.3, 0.4) is 0 Å². The van der Waals surface area contributed by atoms with Gasteiger partial charge in [-0.25, -0.2) is 9.37 Å². The Bertz CT molecular complexity index is 2060. The van der Waals surface area contributed by atoms with Gasteiger partial charge in [0.25, 0.3) is 5.56 Å². The van der Waals surface area contributed by atoms with Crippen LogP contribution in [0.25, 0.3) is 38.6 Å². The molecule has 2 N–H and O–H groups in total. The van der Waals surface area contributed by atoms with Gasteiger partial charge in [-0.15, -0.1) is 0 Å². The number of halogens is 1. The van der Waals surface area contributed by atoms with Gasteiger partial charge in [0.2, 0.25) is 5.91 Å². The van der Waals surface area contributed by atoms with Crippen LogP contribution in [-0.4, -0.2) is 55.7 Å². The van der Waals surface area contributed by atoms with Crippen LogP contribution in [0.1, 0.15) is 43.2 Å². The smallest absolute Gasteiger partial charge is 0.302 e. The summed E-state index contributed by atoms with van der Waals surface area (Å²) in [7, 11) is 0. The predicted octanol–water partition coefficient (Wildman–Crippen LogP) is 5.21. The average molecular weight is 607 g/mol. The molecule has 0 unspecified atom stereocenters. The van der Waals surface area contributed by atoms with E-state index in [9.17, 15) is 14.4 Å². The summed E-state index contributed by atoms with van der Waals surface area (Å²) < 4.78 is 22.3. The predicted molar refractivity (Wildman–Crippen MR) is 169 cm³/mol. The molecule has 3 aromatic heterocycles. The maximum Gasteiger partial charge on any atom is 0.302 e. The molecule has 10 nitrogen and oxygen atoms in total. The molecule has 1 saturated carbocycles. The number of nitrogens with zero attached hydrogens (tertiary/aromatic N) is 4. The summed E-state index contributed by atoms with van der Waals surface area (Å²) in [6.45, 7) is 5.89. The van der Waals surface area contributed by atoms with Crippen molar-refractivity contribution in [2.45, 2.75) is 44.8 Å². The molecule has 0 bridgehead atoms. The largest absolute Gasteiger partial charge is 0.461 e. The molecule has 1 amide bonds. The quantitative estimate of drug-likeness (QED) is 0.184. The zero-order valence-corrected chi connectivity index (χ0v) is 24.7. The Hall–Kier alpha value is -5.32. The van der Waals surface area contributed by atoms with Crippen molar-refractivity contribution in [1.82, 2.24) is 24.6 Å². The van der Waals surface area contributed by atoms with Crippen LogP contribution in [0.2, 0.25) is 0 Å². The fourth-order valence-corrected chi connectivity index (χ4v) is 6.25. The number of aromatic amines is 1. The summed E-state index contributed by atoms with van der Waals surface area (Å²) in [5.41, 5.74) is 3.41. The van der Waals surface area contributed by atoms with Gasteiger partial charge in [-0.2, -0.15) is 5.10 Å². The maximum atomic E-state index is 15.4. The molecule has 228 valence electrons. The van der Waals surface area contributed by atoms with Crippen molar-refractivity contribution in [1.29, 1.82) is 0 Å². The number of rotatable bonds is 8. The molecular formula is C34H31FN6O4. The number of amides is 1. The molecule has 0 spiro atoms. The number of hydrogen-bond donors (Lipinski definition) is 2. The van der Waals surface area contributed by atoms with Gasteiger partial charge in [-0.1, -0.05) is 24.8 Å². The van der Waals surface area contributed by atoms with E-state index in [0.717, 1.165) is 30.4 Å². The Balaban J connectivity index is 1.34. The number of carbonyl (C=O) groups excluding carboxylic acids is 2. The second kappa shape index (κ2) is 11.3. The van der Waals surface area contributed by atoms with E-state index in [2.05, 4.69) is 27.1 Å². The second-order valence-electron chi connectivity index (χ2n) is 11.6. The number of hydrogen-bond acceptors (Lipinski definition) is 7. The number of esters is 1. The Morgan fingerprint density at radius 1 is 1.16 bits per heavy atom. The minimum Gasteiger partial charge on any atom is -0.461 e. The first-order chi connectivity index (χ1) is 21.8. The van der Waals surface area contributed by atoms with Crippen LogP contribution < -0.4 is 10.9 Å². The summed E-state index contributed by atoms with van der Waals surface area (Å²) in [4.78, 5) is 44.2. The molecule has 5 aromatic rings. The van der Waals surface area contributed by atoms with Gasteiger partial charge in [0.15, 0.2) is 11.5 Å². The molecule has 1 atom stereocenters. The molecule has 4 heterocycles. The van der Waals surface area contributed by atoms with Crippen molar-refractivity contribution in [3.63, 3.8) is 0 Å². The number of fused-ring (bicyclic) bond motifs is 2. The van der Waals surface area contributed by atoms with E-state index in [1.807, 2.05) is 18.2 Å². The normalized spacial score (nSPS) is 16.3. The van der Waals surface area contributed by atoms with Gasteiger partial charge in [0.05, 0.1) is 16.5 Å². The third-order valence-corrected chi connectivity index (χ3v) is 8.63. The molecule has 1 aliphatic heterocycles. The third kappa shape index (κ3) is 5.24. The number of benzene rings is 2. The highest BCUT2D eigenvalue weighted by atomic mass is 19.1. The van der Waals surface area contributed by atoms with Gasteiger partial charge < -0.3 is 15.0 Å². The van der Waals surface area contributed by atoms with E-state index in [0.29, 0.717) is 58.1 Å². The highest BCUT2D eigenvalue weighted by molar-refractivity contribution is 6.01. The average Bonchev–Trinajstić information content (AvgIpc) is 3.66. The first-order valence-corrected chi connectivity index (χ1v) is 14.9. The number of likely N-dealkylation sites (tertiary alicyclic amines) is 1. The number of pyridine rings is 2. The molecular weight excluding hydrogens is 575 g/mol. The number of nitrogens with one attached hydrogen (secondary N) is 2. The van der Waals surface area contributed by atoms with E-state index in [-0.39, 0.29) is 23.9 Å². The van der Waals surface area contributed by atoms with Crippen LogP contribution in [0.15, 0.2) is 72.3 Å². The summed E-state index contributed by atoms with van der Waals surface area (Å²) in [5.74, 6) is -0.235. The monoisotopic (exact) mass is 606 g/mol. The number of carbonyl (C=O) groups is 2.